The van der Waals surface area contributed by atoms with Gasteiger partial charge in [0.1, 0.15) is 0 Å². The highest BCUT2D eigenvalue weighted by Crippen LogP contribution is 2.24. The fourth-order valence-corrected chi connectivity index (χ4v) is 1.93. The van der Waals surface area contributed by atoms with E-state index in [-0.39, 0.29) is 0 Å². The molecule has 0 atom stereocenters. The van der Waals surface area contributed by atoms with E-state index in [4.69, 9.17) is 12.2 Å². The Kier molecular flexibility index (Phi) is 3.34. The summed E-state index contributed by atoms with van der Waals surface area (Å²) in [6.45, 7) is 0. The van der Waals surface area contributed by atoms with E-state index in [1.165, 1.54) is 0 Å². The number of rotatable bonds is 2. The van der Waals surface area contributed by atoms with Crippen LogP contribution in [0, 0.1) is 0 Å². The average Bonchev–Trinajstić information content (AvgIpc) is 2.30. The third kappa shape index (κ3) is 2.30. The molecule has 16 heavy (non-hydrogen) atoms. The van der Waals surface area contributed by atoms with Gasteiger partial charge in [0.15, 0.2) is 0 Å². The minimum Gasteiger partial charge on any atom is -0.423 e. The van der Waals surface area contributed by atoms with Crippen LogP contribution in [0.4, 0.5) is 0 Å². The molecule has 2 N–H and O–H groups in total. The van der Waals surface area contributed by atoms with Crippen molar-refractivity contribution in [2.45, 2.75) is 6.42 Å². The summed E-state index contributed by atoms with van der Waals surface area (Å²) in [5, 5.41) is 18.4. The van der Waals surface area contributed by atoms with Crippen molar-refractivity contribution < 1.29 is 10.0 Å². The van der Waals surface area contributed by atoms with Gasteiger partial charge in [0, 0.05) is 11.3 Å². The molecule has 0 unspecified atom stereocenters. The number of hydrogen-bond acceptors (Lipinski definition) is 3. The van der Waals surface area contributed by atoms with Crippen molar-refractivity contribution in [3.8, 4) is 0 Å². The van der Waals surface area contributed by atoms with E-state index in [9.17, 15) is 10.0 Å². The van der Waals surface area contributed by atoms with Gasteiger partial charge in [-0.3, -0.25) is 0 Å². The Morgan fingerprint density at radius 2 is 1.81 bits per heavy atom. The third-order valence-electron chi connectivity index (χ3n) is 2.53. The predicted molar refractivity (Wildman–Crippen MR) is 69.9 cm³/mol. The van der Waals surface area contributed by atoms with Crippen molar-refractivity contribution in [3.05, 3.63) is 53.5 Å². The fraction of sp³-hybridized carbons (Fsp3) is 0.0833. The molecule has 1 aromatic rings. The Hall–Kier alpha value is -1.23. The Morgan fingerprint density at radius 1 is 1.12 bits per heavy atom. The van der Waals surface area contributed by atoms with E-state index in [2.05, 4.69) is 0 Å². The lowest BCUT2D eigenvalue weighted by atomic mass is 9.73. The van der Waals surface area contributed by atoms with Crippen LogP contribution in [0.15, 0.2) is 48.0 Å². The highest BCUT2D eigenvalue weighted by molar-refractivity contribution is 7.81. The lowest BCUT2D eigenvalue weighted by Crippen LogP contribution is -2.22. The molecule has 0 bridgehead atoms. The summed E-state index contributed by atoms with van der Waals surface area (Å²) in [6.07, 6.45) is 4.33. The molecule has 0 spiro atoms. The largest absolute Gasteiger partial charge is 0.489 e. The van der Waals surface area contributed by atoms with Crippen LogP contribution in [0.3, 0.4) is 0 Å². The van der Waals surface area contributed by atoms with Gasteiger partial charge < -0.3 is 10.0 Å². The second-order valence-electron chi connectivity index (χ2n) is 3.63. The Balaban J connectivity index is 2.36. The summed E-state index contributed by atoms with van der Waals surface area (Å²) in [5.74, 6) is 0. The summed E-state index contributed by atoms with van der Waals surface area (Å²) in [7, 11) is -1.49. The molecule has 2 rings (SSSR count). The molecule has 4 heteroatoms. The first kappa shape index (κ1) is 11.3. The normalized spacial score (nSPS) is 15.5. The zero-order valence-electron chi connectivity index (χ0n) is 8.63. The molecule has 1 aromatic carbocycles. The SMILES string of the molecule is OB(O)C1=CC(c2ccccc2)=CCC1=S. The number of hydrogen-bond donors (Lipinski definition) is 2. The predicted octanol–water partition coefficient (Wildman–Crippen LogP) is 1.78. The molecule has 0 radical (unpaired) electrons. The molecule has 0 heterocycles. The van der Waals surface area contributed by atoms with E-state index in [1.54, 1.807) is 6.08 Å². The van der Waals surface area contributed by atoms with Crippen LogP contribution < -0.4 is 0 Å². The van der Waals surface area contributed by atoms with Gasteiger partial charge in [0.2, 0.25) is 0 Å². The smallest absolute Gasteiger partial charge is 0.423 e. The van der Waals surface area contributed by atoms with Crippen LogP contribution in [-0.4, -0.2) is 22.0 Å². The third-order valence-corrected chi connectivity index (χ3v) is 2.93. The maximum Gasteiger partial charge on any atom is 0.489 e. The summed E-state index contributed by atoms with van der Waals surface area (Å²) >= 11 is 5.07. The zero-order chi connectivity index (χ0) is 11.5. The molecule has 0 saturated carbocycles. The van der Waals surface area contributed by atoms with Crippen LogP contribution in [0.5, 0.6) is 0 Å². The van der Waals surface area contributed by atoms with Crippen molar-refractivity contribution in [1.29, 1.82) is 0 Å². The van der Waals surface area contributed by atoms with Gasteiger partial charge in [-0.05, 0) is 16.6 Å². The summed E-state index contributed by atoms with van der Waals surface area (Å²) < 4.78 is 0. The van der Waals surface area contributed by atoms with Gasteiger partial charge in [0.25, 0.3) is 0 Å². The van der Waals surface area contributed by atoms with Crippen molar-refractivity contribution in [1.82, 2.24) is 0 Å². The maximum atomic E-state index is 9.18. The lowest BCUT2D eigenvalue weighted by Gasteiger charge is -2.14. The van der Waals surface area contributed by atoms with Gasteiger partial charge in [-0.2, -0.15) is 0 Å². The van der Waals surface area contributed by atoms with Gasteiger partial charge in [0.05, 0.1) is 0 Å². The van der Waals surface area contributed by atoms with Gasteiger partial charge in [-0.15, -0.1) is 0 Å². The van der Waals surface area contributed by atoms with E-state index >= 15 is 0 Å². The number of allylic oxidation sites excluding steroid dienone is 4. The topological polar surface area (TPSA) is 40.5 Å². The van der Waals surface area contributed by atoms with Crippen molar-refractivity contribution in [3.63, 3.8) is 0 Å². The maximum absolute atomic E-state index is 9.18. The van der Waals surface area contributed by atoms with Crippen LogP contribution in [-0.2, 0) is 0 Å². The highest BCUT2D eigenvalue weighted by Gasteiger charge is 2.21. The minimum absolute atomic E-state index is 0.427. The molecule has 2 nitrogen and oxygen atoms in total. The van der Waals surface area contributed by atoms with Crippen LogP contribution >= 0.6 is 12.2 Å². The Morgan fingerprint density at radius 3 is 2.44 bits per heavy atom. The monoisotopic (exact) mass is 230 g/mol. The van der Waals surface area contributed by atoms with Crippen molar-refractivity contribution in [2.24, 2.45) is 0 Å². The van der Waals surface area contributed by atoms with Gasteiger partial charge >= 0.3 is 7.12 Å². The molecular weight excluding hydrogens is 219 g/mol. The standard InChI is InChI=1S/C12H11BO2S/c14-13(15)11-8-10(6-7-12(11)16)9-4-2-1-3-5-9/h1-6,8,14-15H,7H2. The van der Waals surface area contributed by atoms with E-state index in [0.29, 0.717) is 16.8 Å². The molecule has 0 amide bonds. The molecule has 0 aliphatic heterocycles. The summed E-state index contributed by atoms with van der Waals surface area (Å²) in [4.78, 5) is 0.592. The van der Waals surface area contributed by atoms with Crippen LogP contribution in [0.1, 0.15) is 12.0 Å². The molecule has 0 saturated heterocycles. The average molecular weight is 230 g/mol. The first-order valence-corrected chi connectivity index (χ1v) is 5.46. The molecule has 1 aliphatic carbocycles. The quantitative estimate of drug-likeness (QED) is 0.601. The second kappa shape index (κ2) is 4.74. The van der Waals surface area contributed by atoms with E-state index in [1.807, 2.05) is 36.4 Å². The zero-order valence-corrected chi connectivity index (χ0v) is 9.45. The molecule has 1 aliphatic rings. The Labute approximate surface area is 100 Å². The summed E-state index contributed by atoms with van der Waals surface area (Å²) in [6, 6.07) is 9.82. The van der Waals surface area contributed by atoms with Gasteiger partial charge in [-0.1, -0.05) is 54.7 Å². The highest BCUT2D eigenvalue weighted by atomic mass is 32.1. The second-order valence-corrected chi connectivity index (χ2v) is 4.12. The minimum atomic E-state index is -1.49. The summed E-state index contributed by atoms with van der Waals surface area (Å²) in [5.41, 5.74) is 2.47. The fourth-order valence-electron chi connectivity index (χ4n) is 1.68. The van der Waals surface area contributed by atoms with E-state index < -0.39 is 7.12 Å². The van der Waals surface area contributed by atoms with E-state index in [0.717, 1.165) is 11.1 Å². The molecule has 0 fully saturated rings. The van der Waals surface area contributed by atoms with Crippen LogP contribution in [0.25, 0.3) is 5.57 Å². The first-order chi connectivity index (χ1) is 7.68. The molecular formula is C12H11BO2S. The Bertz CT molecular complexity index is 463. The van der Waals surface area contributed by atoms with Crippen LogP contribution in [0.2, 0.25) is 0 Å². The molecule has 0 aromatic heterocycles. The van der Waals surface area contributed by atoms with Crippen molar-refractivity contribution in [2.75, 3.05) is 0 Å². The van der Waals surface area contributed by atoms with Crippen molar-refractivity contribution >= 4 is 29.8 Å². The lowest BCUT2D eigenvalue weighted by molar-refractivity contribution is 0.421. The first-order valence-electron chi connectivity index (χ1n) is 5.05. The number of benzene rings is 1. The molecule has 80 valence electrons. The number of thiocarbonyl (C=S) groups is 1. The van der Waals surface area contributed by atoms with Gasteiger partial charge in [-0.25, -0.2) is 0 Å².